The summed E-state index contributed by atoms with van der Waals surface area (Å²) in [7, 11) is 4.68. The molecule has 7 nitrogen and oxygen atoms in total. The van der Waals surface area contributed by atoms with Gasteiger partial charge in [0.1, 0.15) is 5.69 Å². The molecule has 0 aliphatic carbocycles. The smallest absolute Gasteiger partial charge is 0.225 e. The Morgan fingerprint density at radius 2 is 1.64 bits per heavy atom. The molecule has 0 radical (unpaired) electrons. The number of carbonyl (C=O) groups excluding carboxylic acids is 1. The highest BCUT2D eigenvalue weighted by Gasteiger charge is 2.21. The van der Waals surface area contributed by atoms with E-state index in [2.05, 4.69) is 19.0 Å². The molecule has 0 fully saturated rings. The summed E-state index contributed by atoms with van der Waals surface area (Å²) in [4.78, 5) is 14.3. The number of rotatable bonds is 9. The SMILES string of the molecule is COc1cc(-c2cc(CN(CC(C)C)C(=O)C(C)C)no2)cc(OC)c1OC. The van der Waals surface area contributed by atoms with Crippen LogP contribution >= 0.6 is 0 Å². The standard InChI is InChI=1S/C21H30N2O5/c1-13(2)11-23(21(24)14(3)4)12-16-10-17(28-22-16)15-8-18(25-5)20(27-7)19(9-15)26-6/h8-10,13-14H,11-12H2,1-7H3. The van der Waals surface area contributed by atoms with Crippen LogP contribution in [0.15, 0.2) is 22.7 Å². The summed E-state index contributed by atoms with van der Waals surface area (Å²) in [6.45, 7) is 9.06. The predicted molar refractivity (Wildman–Crippen MR) is 107 cm³/mol. The summed E-state index contributed by atoms with van der Waals surface area (Å²) in [5, 5.41) is 4.15. The van der Waals surface area contributed by atoms with Crippen molar-refractivity contribution in [2.24, 2.45) is 11.8 Å². The molecule has 2 rings (SSSR count). The number of hydrogen-bond donors (Lipinski definition) is 0. The molecule has 0 saturated carbocycles. The Kier molecular flexibility index (Phi) is 7.31. The van der Waals surface area contributed by atoms with E-state index in [1.165, 1.54) is 0 Å². The van der Waals surface area contributed by atoms with Gasteiger partial charge in [0.15, 0.2) is 17.3 Å². The third kappa shape index (κ3) is 4.97. The van der Waals surface area contributed by atoms with Gasteiger partial charge in [0.05, 0.1) is 27.9 Å². The monoisotopic (exact) mass is 390 g/mol. The minimum Gasteiger partial charge on any atom is -0.493 e. The largest absolute Gasteiger partial charge is 0.493 e. The van der Waals surface area contributed by atoms with Crippen LogP contribution in [-0.4, -0.2) is 43.8 Å². The van der Waals surface area contributed by atoms with Gasteiger partial charge in [-0.1, -0.05) is 32.9 Å². The van der Waals surface area contributed by atoms with Crippen molar-refractivity contribution in [3.63, 3.8) is 0 Å². The Morgan fingerprint density at radius 1 is 1.04 bits per heavy atom. The lowest BCUT2D eigenvalue weighted by atomic mass is 10.1. The molecule has 28 heavy (non-hydrogen) atoms. The lowest BCUT2D eigenvalue weighted by molar-refractivity contribution is -0.135. The first kappa shape index (κ1) is 21.6. The van der Waals surface area contributed by atoms with Crippen LogP contribution in [0, 0.1) is 11.8 Å². The lowest BCUT2D eigenvalue weighted by Gasteiger charge is -2.25. The van der Waals surface area contributed by atoms with Crippen LogP contribution in [0.25, 0.3) is 11.3 Å². The fourth-order valence-electron chi connectivity index (χ4n) is 2.98. The Balaban J connectivity index is 2.31. The first-order valence-corrected chi connectivity index (χ1v) is 9.35. The van der Waals surface area contributed by atoms with Crippen LogP contribution in [0.3, 0.4) is 0 Å². The molecule has 0 unspecified atom stereocenters. The number of benzene rings is 1. The average Bonchev–Trinajstić information content (AvgIpc) is 3.13. The van der Waals surface area contributed by atoms with E-state index in [4.69, 9.17) is 18.7 Å². The second kappa shape index (κ2) is 9.48. The van der Waals surface area contributed by atoms with Crippen molar-refractivity contribution in [2.75, 3.05) is 27.9 Å². The van der Waals surface area contributed by atoms with E-state index in [1.807, 2.05) is 24.8 Å². The van der Waals surface area contributed by atoms with E-state index in [9.17, 15) is 4.79 Å². The van der Waals surface area contributed by atoms with Gasteiger partial charge in [-0.05, 0) is 18.1 Å². The molecule has 0 aliphatic heterocycles. The first-order chi connectivity index (χ1) is 13.3. The number of ether oxygens (including phenoxy) is 3. The van der Waals surface area contributed by atoms with Crippen LogP contribution in [0.4, 0.5) is 0 Å². The zero-order valence-electron chi connectivity index (χ0n) is 17.7. The van der Waals surface area contributed by atoms with E-state index in [1.54, 1.807) is 33.5 Å². The Hall–Kier alpha value is -2.70. The summed E-state index contributed by atoms with van der Waals surface area (Å²) >= 11 is 0. The number of nitrogens with zero attached hydrogens (tertiary/aromatic N) is 2. The number of hydrogen-bond acceptors (Lipinski definition) is 6. The molecule has 154 valence electrons. The molecule has 0 spiro atoms. The van der Waals surface area contributed by atoms with Crippen LogP contribution in [0.1, 0.15) is 33.4 Å². The van der Waals surface area contributed by atoms with Gasteiger partial charge in [0.2, 0.25) is 11.7 Å². The Labute approximate surface area is 166 Å². The van der Waals surface area contributed by atoms with Crippen LogP contribution in [0.5, 0.6) is 17.2 Å². The summed E-state index contributed by atoms with van der Waals surface area (Å²) in [5.41, 5.74) is 1.44. The summed E-state index contributed by atoms with van der Waals surface area (Å²) in [5.74, 6) is 2.54. The Bertz CT molecular complexity index is 773. The fourth-order valence-corrected chi connectivity index (χ4v) is 2.98. The molecule has 1 heterocycles. The highest BCUT2D eigenvalue weighted by atomic mass is 16.5. The van der Waals surface area contributed by atoms with Crippen LogP contribution in [0.2, 0.25) is 0 Å². The van der Waals surface area contributed by atoms with Gasteiger partial charge < -0.3 is 23.6 Å². The zero-order chi connectivity index (χ0) is 20.8. The van der Waals surface area contributed by atoms with Gasteiger partial charge >= 0.3 is 0 Å². The van der Waals surface area contributed by atoms with Gasteiger partial charge in [-0.25, -0.2) is 0 Å². The maximum atomic E-state index is 12.5. The second-order valence-electron chi connectivity index (χ2n) is 7.36. The maximum Gasteiger partial charge on any atom is 0.225 e. The number of aromatic nitrogens is 1. The maximum absolute atomic E-state index is 12.5. The van der Waals surface area contributed by atoms with Crippen molar-refractivity contribution in [1.29, 1.82) is 0 Å². The molecular formula is C21H30N2O5. The minimum atomic E-state index is -0.0692. The summed E-state index contributed by atoms with van der Waals surface area (Å²) < 4.78 is 21.7. The van der Waals surface area contributed by atoms with Crippen molar-refractivity contribution in [2.45, 2.75) is 34.2 Å². The minimum absolute atomic E-state index is 0.0692. The number of amides is 1. The molecule has 2 aromatic rings. The molecule has 1 aromatic heterocycles. The van der Waals surface area contributed by atoms with E-state index >= 15 is 0 Å². The van der Waals surface area contributed by atoms with Crippen LogP contribution < -0.4 is 14.2 Å². The normalized spacial score (nSPS) is 11.0. The van der Waals surface area contributed by atoms with E-state index < -0.39 is 0 Å². The lowest BCUT2D eigenvalue weighted by Crippen LogP contribution is -2.36. The van der Waals surface area contributed by atoms with E-state index in [-0.39, 0.29) is 11.8 Å². The molecular weight excluding hydrogens is 360 g/mol. The predicted octanol–water partition coefficient (Wildman–Crippen LogP) is 4.01. The summed E-state index contributed by atoms with van der Waals surface area (Å²) in [6, 6.07) is 5.44. The van der Waals surface area contributed by atoms with Crippen LogP contribution in [-0.2, 0) is 11.3 Å². The quantitative estimate of drug-likeness (QED) is 0.644. The fraction of sp³-hybridized carbons (Fsp3) is 0.524. The molecule has 1 aromatic carbocycles. The molecule has 0 saturated heterocycles. The van der Waals surface area contributed by atoms with Gasteiger partial charge in [-0.2, -0.15) is 0 Å². The molecule has 0 N–H and O–H groups in total. The molecule has 1 amide bonds. The third-order valence-electron chi connectivity index (χ3n) is 4.25. The van der Waals surface area contributed by atoms with E-state index in [0.29, 0.717) is 47.7 Å². The zero-order valence-corrected chi connectivity index (χ0v) is 17.7. The molecule has 7 heteroatoms. The van der Waals surface area contributed by atoms with Gasteiger partial charge in [-0.3, -0.25) is 4.79 Å². The van der Waals surface area contributed by atoms with Crippen molar-refractivity contribution >= 4 is 5.91 Å². The van der Waals surface area contributed by atoms with Gasteiger partial charge in [-0.15, -0.1) is 0 Å². The van der Waals surface area contributed by atoms with Crippen molar-refractivity contribution in [3.05, 3.63) is 23.9 Å². The van der Waals surface area contributed by atoms with Crippen molar-refractivity contribution < 1.29 is 23.5 Å². The topological polar surface area (TPSA) is 74.0 Å². The van der Waals surface area contributed by atoms with Crippen molar-refractivity contribution in [3.8, 4) is 28.6 Å². The van der Waals surface area contributed by atoms with Gasteiger partial charge in [0, 0.05) is 24.1 Å². The average molecular weight is 390 g/mol. The van der Waals surface area contributed by atoms with E-state index in [0.717, 1.165) is 5.56 Å². The van der Waals surface area contributed by atoms with Gasteiger partial charge in [0.25, 0.3) is 0 Å². The highest BCUT2D eigenvalue weighted by Crippen LogP contribution is 2.41. The first-order valence-electron chi connectivity index (χ1n) is 9.35. The second-order valence-corrected chi connectivity index (χ2v) is 7.36. The van der Waals surface area contributed by atoms with Crippen molar-refractivity contribution in [1.82, 2.24) is 10.1 Å². The third-order valence-corrected chi connectivity index (χ3v) is 4.25. The highest BCUT2D eigenvalue weighted by molar-refractivity contribution is 5.78. The number of methoxy groups -OCH3 is 3. The Morgan fingerprint density at radius 3 is 2.11 bits per heavy atom. The molecule has 0 aliphatic rings. The molecule has 0 atom stereocenters. The molecule has 0 bridgehead atoms. The summed E-state index contributed by atoms with van der Waals surface area (Å²) in [6.07, 6.45) is 0. The number of carbonyl (C=O) groups is 1.